The Bertz CT molecular complexity index is 1080. The van der Waals surface area contributed by atoms with Gasteiger partial charge in [-0.1, -0.05) is 24.3 Å². The van der Waals surface area contributed by atoms with Gasteiger partial charge in [-0.3, -0.25) is 9.10 Å². The standard InChI is InChI=1S/C18H16FN3O4S/c1-11(12-7-9-13(19)10-8-12)20-21-18(24)16-17(23)14-5-3-4-6-15(14)27(25,26)22(16)2/h3-10,23H,1-2H3,(H,21,24)/b20-11+. The molecule has 9 heteroatoms. The molecule has 0 radical (unpaired) electrons. The predicted octanol–water partition coefficient (Wildman–Crippen LogP) is 2.23. The second-order valence-corrected chi connectivity index (χ2v) is 7.75. The van der Waals surface area contributed by atoms with Gasteiger partial charge in [0.05, 0.1) is 10.6 Å². The predicted molar refractivity (Wildman–Crippen MR) is 97.7 cm³/mol. The monoisotopic (exact) mass is 389 g/mol. The molecule has 3 rings (SSSR count). The Labute approximate surface area is 155 Å². The highest BCUT2D eigenvalue weighted by atomic mass is 32.2. The number of aliphatic hydroxyl groups is 1. The third-order valence-electron chi connectivity index (χ3n) is 4.12. The fraction of sp³-hybridized carbons (Fsp3) is 0.111. The van der Waals surface area contributed by atoms with Gasteiger partial charge in [-0.15, -0.1) is 0 Å². The topological polar surface area (TPSA) is 99.1 Å². The average molecular weight is 389 g/mol. The van der Waals surface area contributed by atoms with Crippen LogP contribution in [0.25, 0.3) is 5.76 Å². The zero-order valence-electron chi connectivity index (χ0n) is 14.5. The fourth-order valence-corrected chi connectivity index (χ4v) is 4.02. The second kappa shape index (κ2) is 6.84. The van der Waals surface area contributed by atoms with Crippen molar-refractivity contribution in [1.29, 1.82) is 0 Å². The number of nitrogens with zero attached hydrogens (tertiary/aromatic N) is 2. The van der Waals surface area contributed by atoms with Crippen LogP contribution < -0.4 is 5.43 Å². The van der Waals surface area contributed by atoms with E-state index in [0.29, 0.717) is 15.6 Å². The van der Waals surface area contributed by atoms with Gasteiger partial charge in [-0.05, 0) is 36.8 Å². The van der Waals surface area contributed by atoms with Crippen molar-refractivity contribution in [2.45, 2.75) is 11.8 Å². The van der Waals surface area contributed by atoms with Crippen molar-refractivity contribution in [1.82, 2.24) is 9.73 Å². The second-order valence-electron chi connectivity index (χ2n) is 5.81. The van der Waals surface area contributed by atoms with Crippen molar-refractivity contribution in [3.8, 4) is 0 Å². The summed E-state index contributed by atoms with van der Waals surface area (Å²) >= 11 is 0. The van der Waals surface area contributed by atoms with Gasteiger partial charge in [0.1, 0.15) is 5.82 Å². The number of nitrogens with one attached hydrogen (secondary N) is 1. The van der Waals surface area contributed by atoms with Crippen LogP contribution in [0.5, 0.6) is 0 Å². The highest BCUT2D eigenvalue weighted by Crippen LogP contribution is 2.34. The molecule has 1 aliphatic rings. The van der Waals surface area contributed by atoms with Crippen molar-refractivity contribution in [2.75, 3.05) is 7.05 Å². The third-order valence-corrected chi connectivity index (χ3v) is 5.94. The van der Waals surface area contributed by atoms with Gasteiger partial charge in [-0.2, -0.15) is 5.10 Å². The number of benzene rings is 2. The summed E-state index contributed by atoms with van der Waals surface area (Å²) in [7, 11) is -2.81. The number of hydrogen-bond acceptors (Lipinski definition) is 5. The molecular weight excluding hydrogens is 373 g/mol. The van der Waals surface area contributed by atoms with Gasteiger partial charge in [0, 0.05) is 12.6 Å². The largest absolute Gasteiger partial charge is 0.505 e. The number of hydrogen-bond donors (Lipinski definition) is 2. The minimum absolute atomic E-state index is 0.0417. The summed E-state index contributed by atoms with van der Waals surface area (Å²) < 4.78 is 38.9. The van der Waals surface area contributed by atoms with E-state index < -0.39 is 33.2 Å². The molecule has 27 heavy (non-hydrogen) atoms. The first-order valence-electron chi connectivity index (χ1n) is 7.85. The number of rotatable bonds is 3. The lowest BCUT2D eigenvalue weighted by molar-refractivity contribution is -0.118. The molecule has 0 bridgehead atoms. The number of aliphatic hydroxyl groups excluding tert-OH is 1. The van der Waals surface area contributed by atoms with E-state index >= 15 is 0 Å². The number of carbonyl (C=O) groups excluding carboxylic acids is 1. The summed E-state index contributed by atoms with van der Waals surface area (Å²) in [6.07, 6.45) is 0. The number of carbonyl (C=O) groups is 1. The molecule has 0 saturated carbocycles. The lowest BCUT2D eigenvalue weighted by Crippen LogP contribution is -2.38. The summed E-state index contributed by atoms with van der Waals surface area (Å²) in [5, 5.41) is 14.3. The fourth-order valence-electron chi connectivity index (χ4n) is 2.63. The number of likely N-dealkylation sites (N-methyl/N-ethyl adjacent to an activating group) is 1. The molecule has 2 aromatic carbocycles. The number of amides is 1. The van der Waals surface area contributed by atoms with Crippen molar-refractivity contribution in [3.05, 3.63) is 71.2 Å². The average Bonchev–Trinajstić information content (AvgIpc) is 2.65. The van der Waals surface area contributed by atoms with E-state index in [1.807, 2.05) is 0 Å². The van der Waals surface area contributed by atoms with Gasteiger partial charge >= 0.3 is 0 Å². The molecule has 1 heterocycles. The molecule has 0 unspecified atom stereocenters. The molecule has 0 saturated heterocycles. The van der Waals surface area contributed by atoms with Crippen molar-refractivity contribution in [2.24, 2.45) is 5.10 Å². The zero-order valence-corrected chi connectivity index (χ0v) is 15.3. The number of fused-ring (bicyclic) bond motifs is 1. The molecule has 0 atom stereocenters. The molecule has 0 aromatic heterocycles. The van der Waals surface area contributed by atoms with Crippen molar-refractivity contribution in [3.63, 3.8) is 0 Å². The third kappa shape index (κ3) is 3.28. The number of halogens is 1. The molecule has 140 valence electrons. The molecule has 0 spiro atoms. The highest BCUT2D eigenvalue weighted by molar-refractivity contribution is 7.89. The van der Waals surface area contributed by atoms with Crippen LogP contribution in [0.2, 0.25) is 0 Å². The summed E-state index contributed by atoms with van der Waals surface area (Å²) in [4.78, 5) is 12.4. The van der Waals surface area contributed by atoms with Crippen LogP contribution in [0.1, 0.15) is 18.1 Å². The Morgan fingerprint density at radius 3 is 2.44 bits per heavy atom. The molecule has 2 aromatic rings. The molecule has 1 aliphatic heterocycles. The van der Waals surface area contributed by atoms with Gasteiger partial charge in [0.25, 0.3) is 15.9 Å². The summed E-state index contributed by atoms with van der Waals surface area (Å²) in [6, 6.07) is 11.3. The van der Waals surface area contributed by atoms with Gasteiger partial charge in [0.2, 0.25) is 0 Å². The SMILES string of the molecule is C/C(=N\NC(=O)C1=C(O)c2ccccc2S(=O)(=O)N1C)c1ccc(F)cc1. The maximum Gasteiger partial charge on any atom is 0.292 e. The van der Waals surface area contributed by atoms with Crippen molar-refractivity contribution < 1.29 is 22.7 Å². The van der Waals surface area contributed by atoms with Crippen LogP contribution >= 0.6 is 0 Å². The maximum atomic E-state index is 13.0. The normalized spacial score (nSPS) is 16.1. The molecule has 0 aliphatic carbocycles. The van der Waals surface area contributed by atoms with Crippen LogP contribution in [-0.2, 0) is 14.8 Å². The minimum Gasteiger partial charge on any atom is -0.505 e. The van der Waals surface area contributed by atoms with Crippen LogP contribution in [0.15, 0.2) is 64.2 Å². The molecule has 1 amide bonds. The molecular formula is C18H16FN3O4S. The quantitative estimate of drug-likeness (QED) is 0.621. The van der Waals surface area contributed by atoms with Crippen LogP contribution in [0, 0.1) is 5.82 Å². The van der Waals surface area contributed by atoms with Gasteiger partial charge in [-0.25, -0.2) is 18.2 Å². The van der Waals surface area contributed by atoms with E-state index in [1.165, 1.54) is 49.5 Å². The van der Waals surface area contributed by atoms with E-state index in [9.17, 15) is 22.7 Å². The first-order chi connectivity index (χ1) is 12.7. The van der Waals surface area contributed by atoms with Crippen LogP contribution in [0.3, 0.4) is 0 Å². The van der Waals surface area contributed by atoms with E-state index in [0.717, 1.165) is 0 Å². The summed E-state index contributed by atoms with van der Waals surface area (Å²) in [5.41, 5.74) is 2.78. The van der Waals surface area contributed by atoms with Crippen LogP contribution in [-0.4, -0.2) is 36.5 Å². The Kier molecular flexibility index (Phi) is 4.71. The van der Waals surface area contributed by atoms with E-state index in [2.05, 4.69) is 10.5 Å². The molecule has 2 N–H and O–H groups in total. The summed E-state index contributed by atoms with van der Waals surface area (Å²) in [6.45, 7) is 1.60. The number of hydrazone groups is 1. The Morgan fingerprint density at radius 2 is 1.78 bits per heavy atom. The first kappa shape index (κ1) is 18.6. The minimum atomic E-state index is -3.98. The van der Waals surface area contributed by atoms with Gasteiger partial charge in [0.15, 0.2) is 11.5 Å². The van der Waals surface area contributed by atoms with E-state index in [1.54, 1.807) is 13.0 Å². The Balaban J connectivity index is 1.94. The van der Waals surface area contributed by atoms with E-state index in [-0.39, 0.29) is 10.5 Å². The molecule has 0 fully saturated rings. The maximum absolute atomic E-state index is 13.0. The van der Waals surface area contributed by atoms with Gasteiger partial charge < -0.3 is 5.11 Å². The van der Waals surface area contributed by atoms with E-state index in [4.69, 9.17) is 0 Å². The Hall–Kier alpha value is -3.20. The smallest absolute Gasteiger partial charge is 0.292 e. The number of sulfonamides is 1. The Morgan fingerprint density at radius 1 is 1.15 bits per heavy atom. The highest BCUT2D eigenvalue weighted by Gasteiger charge is 2.37. The summed E-state index contributed by atoms with van der Waals surface area (Å²) in [5.74, 6) is -1.76. The van der Waals surface area contributed by atoms with Crippen LogP contribution in [0.4, 0.5) is 4.39 Å². The lowest BCUT2D eigenvalue weighted by atomic mass is 10.1. The van der Waals surface area contributed by atoms with Crippen molar-refractivity contribution >= 4 is 27.4 Å². The lowest BCUT2D eigenvalue weighted by Gasteiger charge is -2.27. The zero-order chi connectivity index (χ0) is 19.8. The first-order valence-corrected chi connectivity index (χ1v) is 9.29. The molecule has 7 nitrogen and oxygen atoms in total.